The van der Waals surface area contributed by atoms with Crippen LogP contribution in [0.5, 0.6) is 0 Å². The normalized spacial score (nSPS) is 19.0. The summed E-state index contributed by atoms with van der Waals surface area (Å²) in [4.78, 5) is 42.1. The molecular formula is C25H30N6O4. The lowest BCUT2D eigenvalue weighted by molar-refractivity contribution is -0.140. The summed E-state index contributed by atoms with van der Waals surface area (Å²) in [6.07, 6.45) is -0.728. The summed E-state index contributed by atoms with van der Waals surface area (Å²) >= 11 is 0. The number of likely N-dealkylation sites (tertiary alicyclic amines) is 1. The molecule has 4 N–H and O–H groups in total. The lowest BCUT2D eigenvalue weighted by Gasteiger charge is -2.28. The number of aliphatic hydroxyl groups is 1. The van der Waals surface area contributed by atoms with Gasteiger partial charge < -0.3 is 21.1 Å². The number of aliphatic hydroxyl groups excluding tert-OH is 1. The molecule has 1 aliphatic heterocycles. The first-order valence-corrected chi connectivity index (χ1v) is 11.5. The molecule has 2 aromatic rings. The van der Waals surface area contributed by atoms with Gasteiger partial charge in [0.05, 0.1) is 6.10 Å². The molecule has 1 aliphatic rings. The van der Waals surface area contributed by atoms with Crippen molar-refractivity contribution in [2.24, 2.45) is 16.8 Å². The largest absolute Gasteiger partial charge is 0.391 e. The van der Waals surface area contributed by atoms with Gasteiger partial charge in [-0.2, -0.15) is 0 Å². The Morgan fingerprint density at radius 1 is 1.14 bits per heavy atom. The zero-order valence-corrected chi connectivity index (χ0v) is 19.7. The Balaban J connectivity index is 1.72. The highest BCUT2D eigenvalue weighted by Crippen LogP contribution is 2.23. The second-order valence-corrected chi connectivity index (χ2v) is 9.02. The van der Waals surface area contributed by atoms with Gasteiger partial charge in [-0.3, -0.25) is 14.4 Å². The van der Waals surface area contributed by atoms with E-state index >= 15 is 0 Å². The summed E-state index contributed by atoms with van der Waals surface area (Å²) < 4.78 is 0. The van der Waals surface area contributed by atoms with Crippen LogP contribution in [0.1, 0.15) is 25.8 Å². The molecule has 35 heavy (non-hydrogen) atoms. The maximum atomic E-state index is 13.1. The summed E-state index contributed by atoms with van der Waals surface area (Å²) in [6.45, 7) is 3.39. The first-order chi connectivity index (χ1) is 16.7. The van der Waals surface area contributed by atoms with Crippen molar-refractivity contribution in [3.05, 3.63) is 70.6 Å². The van der Waals surface area contributed by atoms with E-state index in [9.17, 15) is 19.5 Å². The third-order valence-corrected chi connectivity index (χ3v) is 6.09. The molecule has 0 aliphatic carbocycles. The standard InChI is InChI=1S/C25H30N6O4/c1-15(2)22(29-30-27)25(35)31-14-19(32)13-21(31)24(34)28-20(23(26)33)12-16-8-10-18(11-9-16)17-6-4-3-5-7-17/h3-11,15,19-22,32H,12-14H2,1-2H3,(H2,26,33)(H,28,34)/t19-,20?,21+,22?/m1/s1. The Kier molecular flexibility index (Phi) is 8.46. The lowest BCUT2D eigenvalue weighted by atomic mass is 10.00. The molecule has 4 atom stereocenters. The van der Waals surface area contributed by atoms with Crippen LogP contribution in [0.25, 0.3) is 21.6 Å². The second-order valence-electron chi connectivity index (χ2n) is 9.02. The predicted octanol–water partition coefficient (Wildman–Crippen LogP) is 2.16. The van der Waals surface area contributed by atoms with Crippen LogP contribution in [-0.2, 0) is 20.8 Å². The molecule has 1 heterocycles. The fraction of sp³-hybridized carbons (Fsp3) is 0.400. The van der Waals surface area contributed by atoms with E-state index in [2.05, 4.69) is 15.3 Å². The van der Waals surface area contributed by atoms with Crippen LogP contribution in [0.4, 0.5) is 0 Å². The maximum absolute atomic E-state index is 13.1. The van der Waals surface area contributed by atoms with Crippen LogP contribution < -0.4 is 11.1 Å². The van der Waals surface area contributed by atoms with Crippen LogP contribution in [0, 0.1) is 5.92 Å². The fourth-order valence-electron chi connectivity index (χ4n) is 4.19. The highest BCUT2D eigenvalue weighted by molar-refractivity contribution is 5.93. The minimum absolute atomic E-state index is 0.00983. The fourth-order valence-corrected chi connectivity index (χ4v) is 4.19. The average molecular weight is 479 g/mol. The number of carbonyl (C=O) groups is 3. The minimum Gasteiger partial charge on any atom is -0.391 e. The van der Waals surface area contributed by atoms with Gasteiger partial charge in [0.1, 0.15) is 18.1 Å². The van der Waals surface area contributed by atoms with Crippen molar-refractivity contribution >= 4 is 17.7 Å². The van der Waals surface area contributed by atoms with E-state index in [1.54, 1.807) is 13.8 Å². The molecule has 184 valence electrons. The predicted molar refractivity (Wildman–Crippen MR) is 131 cm³/mol. The maximum Gasteiger partial charge on any atom is 0.243 e. The van der Waals surface area contributed by atoms with E-state index in [0.29, 0.717) is 0 Å². The van der Waals surface area contributed by atoms with Crippen LogP contribution in [0.2, 0.25) is 0 Å². The molecule has 10 heteroatoms. The number of nitrogens with zero attached hydrogens (tertiary/aromatic N) is 4. The van der Waals surface area contributed by atoms with Gasteiger partial charge in [0.2, 0.25) is 17.7 Å². The summed E-state index contributed by atoms with van der Waals surface area (Å²) in [5, 5.41) is 16.3. The van der Waals surface area contributed by atoms with Crippen molar-refractivity contribution in [1.29, 1.82) is 0 Å². The molecule has 1 saturated heterocycles. The topological polar surface area (TPSA) is 161 Å². The number of nitrogens with two attached hydrogens (primary N) is 1. The van der Waals surface area contributed by atoms with Crippen molar-refractivity contribution in [3.63, 3.8) is 0 Å². The molecule has 0 aromatic heterocycles. The molecule has 3 amide bonds. The van der Waals surface area contributed by atoms with Gasteiger partial charge in [0, 0.05) is 24.3 Å². The average Bonchev–Trinajstić information content (AvgIpc) is 3.24. The minimum atomic E-state index is -1.00. The summed E-state index contributed by atoms with van der Waals surface area (Å²) in [6, 6.07) is 14.4. The molecular weight excluding hydrogens is 448 g/mol. The number of β-amino-alcohol motifs (C(OH)–C–C–N with tert-alkyl or cyclic N) is 1. The zero-order valence-electron chi connectivity index (χ0n) is 19.7. The molecule has 0 bridgehead atoms. The van der Waals surface area contributed by atoms with Crippen molar-refractivity contribution in [1.82, 2.24) is 10.2 Å². The van der Waals surface area contributed by atoms with Crippen LogP contribution >= 0.6 is 0 Å². The Bertz CT molecular complexity index is 1100. The number of primary amides is 1. The van der Waals surface area contributed by atoms with Crippen molar-refractivity contribution in [2.75, 3.05) is 6.54 Å². The third-order valence-electron chi connectivity index (χ3n) is 6.09. The monoisotopic (exact) mass is 478 g/mol. The SMILES string of the molecule is CC(C)C(N=[N+]=[N-])C(=O)N1C[C@H](O)C[C@H]1C(=O)NC(Cc1ccc(-c2ccccc2)cc1)C(N)=O. The molecule has 2 unspecified atom stereocenters. The molecule has 1 fully saturated rings. The Morgan fingerprint density at radius 3 is 2.34 bits per heavy atom. The molecule has 2 aromatic carbocycles. The van der Waals surface area contributed by atoms with E-state index in [1.807, 2.05) is 54.6 Å². The van der Waals surface area contributed by atoms with Crippen molar-refractivity contribution in [3.8, 4) is 11.1 Å². The lowest BCUT2D eigenvalue weighted by Crippen LogP contribution is -2.54. The Hall–Kier alpha value is -3.88. The number of azide groups is 1. The first-order valence-electron chi connectivity index (χ1n) is 11.5. The van der Waals surface area contributed by atoms with E-state index in [1.165, 1.54) is 4.90 Å². The molecule has 0 radical (unpaired) electrons. The molecule has 10 nitrogen and oxygen atoms in total. The quantitative estimate of drug-likeness (QED) is 0.286. The van der Waals surface area contributed by atoms with E-state index < -0.39 is 42.0 Å². The number of amides is 3. The van der Waals surface area contributed by atoms with Crippen LogP contribution in [-0.4, -0.2) is 58.5 Å². The Labute approximate surface area is 203 Å². The van der Waals surface area contributed by atoms with E-state index in [4.69, 9.17) is 11.3 Å². The second kappa shape index (κ2) is 11.5. The van der Waals surface area contributed by atoms with E-state index in [-0.39, 0.29) is 25.3 Å². The highest BCUT2D eigenvalue weighted by Gasteiger charge is 2.42. The van der Waals surface area contributed by atoms with Gasteiger partial charge in [-0.05, 0) is 28.1 Å². The van der Waals surface area contributed by atoms with Crippen molar-refractivity contribution in [2.45, 2.75) is 50.9 Å². The smallest absolute Gasteiger partial charge is 0.243 e. The number of hydrogen-bond donors (Lipinski definition) is 3. The van der Waals surface area contributed by atoms with E-state index in [0.717, 1.165) is 16.7 Å². The van der Waals surface area contributed by atoms with Gasteiger partial charge in [0.15, 0.2) is 0 Å². The summed E-state index contributed by atoms with van der Waals surface area (Å²) in [7, 11) is 0. The van der Waals surface area contributed by atoms with Gasteiger partial charge in [-0.15, -0.1) is 0 Å². The molecule has 0 saturated carbocycles. The first kappa shape index (κ1) is 25.7. The Morgan fingerprint density at radius 2 is 1.77 bits per heavy atom. The molecule has 3 rings (SSSR count). The van der Waals surface area contributed by atoms with Gasteiger partial charge in [-0.1, -0.05) is 73.6 Å². The van der Waals surface area contributed by atoms with Gasteiger partial charge in [-0.25, -0.2) is 0 Å². The van der Waals surface area contributed by atoms with Crippen LogP contribution in [0.15, 0.2) is 59.7 Å². The van der Waals surface area contributed by atoms with Crippen LogP contribution in [0.3, 0.4) is 0 Å². The highest BCUT2D eigenvalue weighted by atomic mass is 16.3. The number of hydrogen-bond acceptors (Lipinski definition) is 5. The van der Waals surface area contributed by atoms with Gasteiger partial charge in [0.25, 0.3) is 0 Å². The summed E-state index contributed by atoms with van der Waals surface area (Å²) in [5.41, 5.74) is 17.3. The number of carbonyl (C=O) groups excluding carboxylic acids is 3. The molecule has 0 spiro atoms. The van der Waals surface area contributed by atoms with Gasteiger partial charge >= 0.3 is 0 Å². The third kappa shape index (κ3) is 6.38. The van der Waals surface area contributed by atoms with Crippen molar-refractivity contribution < 1.29 is 19.5 Å². The summed E-state index contributed by atoms with van der Waals surface area (Å²) in [5.74, 6) is -2.14. The number of nitrogens with one attached hydrogen (secondary N) is 1. The zero-order chi connectivity index (χ0) is 25.5. The number of benzene rings is 2. The number of rotatable bonds is 9.